The fourth-order valence-electron chi connectivity index (χ4n) is 1.81. The Morgan fingerprint density at radius 1 is 1.28 bits per heavy atom. The topological polar surface area (TPSA) is 76.1 Å². The van der Waals surface area contributed by atoms with Crippen molar-refractivity contribution in [3.05, 3.63) is 24.3 Å². The van der Waals surface area contributed by atoms with Crippen molar-refractivity contribution in [2.24, 2.45) is 0 Å². The summed E-state index contributed by atoms with van der Waals surface area (Å²) in [7, 11) is 0. The molecule has 0 bridgehead atoms. The molecule has 0 saturated heterocycles. The Labute approximate surface area is 149 Å². The van der Waals surface area contributed by atoms with Crippen molar-refractivity contribution < 1.29 is 22.7 Å². The average molecular weight is 390 g/mol. The van der Waals surface area contributed by atoms with E-state index in [4.69, 9.17) is 0 Å². The maximum Gasteiger partial charge on any atom is 0.573 e. The van der Waals surface area contributed by atoms with Gasteiger partial charge in [0, 0.05) is 11.7 Å². The van der Waals surface area contributed by atoms with Gasteiger partial charge < -0.3 is 15.4 Å². The number of carbonyl (C=O) groups is 1. The predicted molar refractivity (Wildman–Crippen MR) is 88.2 cm³/mol. The summed E-state index contributed by atoms with van der Waals surface area (Å²) in [4.78, 5) is 11.6. The second-order valence-corrected chi connectivity index (χ2v) is 7.40. The number of nitrogens with one attached hydrogen (secondary N) is 2. The number of aromatic nitrogens is 2. The van der Waals surface area contributed by atoms with Gasteiger partial charge in [0.25, 0.3) is 0 Å². The van der Waals surface area contributed by atoms with Crippen LogP contribution in [0, 0.1) is 0 Å². The highest BCUT2D eigenvalue weighted by Crippen LogP contribution is 2.29. The summed E-state index contributed by atoms with van der Waals surface area (Å²) in [5.41, 5.74) is 0.550. The largest absolute Gasteiger partial charge is 0.573 e. The molecule has 0 aliphatic heterocycles. The van der Waals surface area contributed by atoms with Gasteiger partial charge in [0.2, 0.25) is 11.0 Å². The first kappa shape index (κ1) is 17.8. The number of carbonyl (C=O) groups excluding carboxylic acids is 1. The summed E-state index contributed by atoms with van der Waals surface area (Å²) in [6.45, 7) is 0. The minimum Gasteiger partial charge on any atom is -0.406 e. The molecule has 1 aromatic heterocycles. The Morgan fingerprint density at radius 2 is 2.00 bits per heavy atom. The molecule has 1 aliphatic rings. The van der Waals surface area contributed by atoms with Crippen LogP contribution in [0.3, 0.4) is 0 Å². The lowest BCUT2D eigenvalue weighted by atomic mass is 10.3. The third-order valence-electron chi connectivity index (χ3n) is 3.01. The first-order valence-corrected chi connectivity index (χ1v) is 9.06. The van der Waals surface area contributed by atoms with Gasteiger partial charge in [-0.25, -0.2) is 0 Å². The molecule has 2 N–H and O–H groups in total. The first-order chi connectivity index (χ1) is 11.9. The summed E-state index contributed by atoms with van der Waals surface area (Å²) in [6.07, 6.45) is -2.64. The summed E-state index contributed by atoms with van der Waals surface area (Å²) in [5, 5.41) is 14.2. The van der Waals surface area contributed by atoms with Crippen molar-refractivity contribution in [2.45, 2.75) is 29.6 Å². The van der Waals surface area contributed by atoms with E-state index >= 15 is 0 Å². The van der Waals surface area contributed by atoms with Crippen molar-refractivity contribution in [3.63, 3.8) is 0 Å². The number of rotatable bonds is 7. The van der Waals surface area contributed by atoms with E-state index in [-0.39, 0.29) is 17.4 Å². The Hall–Kier alpha value is -2.01. The third-order valence-corrected chi connectivity index (χ3v) is 4.99. The van der Waals surface area contributed by atoms with Gasteiger partial charge in [0.05, 0.1) is 5.75 Å². The number of benzene rings is 1. The molecular weight excluding hydrogens is 377 g/mol. The molecule has 1 amide bonds. The molecule has 6 nitrogen and oxygen atoms in total. The van der Waals surface area contributed by atoms with Crippen LogP contribution < -0.4 is 15.4 Å². The van der Waals surface area contributed by atoms with Crippen molar-refractivity contribution in [1.82, 2.24) is 15.5 Å². The molecule has 0 spiro atoms. The Balaban J connectivity index is 1.49. The molecule has 11 heteroatoms. The quantitative estimate of drug-likeness (QED) is 0.704. The zero-order chi connectivity index (χ0) is 17.9. The Morgan fingerprint density at radius 3 is 2.64 bits per heavy atom. The first-order valence-electron chi connectivity index (χ1n) is 7.26. The van der Waals surface area contributed by atoms with E-state index in [2.05, 4.69) is 25.6 Å². The molecule has 3 rings (SSSR count). The molecule has 25 heavy (non-hydrogen) atoms. The minimum atomic E-state index is -4.72. The number of anilines is 2. The third kappa shape index (κ3) is 6.09. The number of hydrogen-bond donors (Lipinski definition) is 2. The maximum atomic E-state index is 12.1. The summed E-state index contributed by atoms with van der Waals surface area (Å²) < 4.78 is 40.8. The highest BCUT2D eigenvalue weighted by atomic mass is 32.2. The van der Waals surface area contributed by atoms with E-state index in [1.54, 1.807) is 0 Å². The standard InChI is InChI=1S/C14H13F3N4O2S2/c15-14(16,17)23-10-5-3-9(4-6-10)19-12-20-21-13(25-12)24-7-11(22)18-8-1-2-8/h3-6,8H,1-2,7H2,(H,18,22)(H,19,20). The molecule has 134 valence electrons. The second kappa shape index (κ2) is 7.48. The number of ether oxygens (including phenoxy) is 1. The lowest BCUT2D eigenvalue weighted by Crippen LogP contribution is -2.26. The molecule has 2 aromatic rings. The van der Waals surface area contributed by atoms with Crippen LogP contribution in [0.4, 0.5) is 24.0 Å². The Kier molecular flexibility index (Phi) is 5.33. The van der Waals surface area contributed by atoms with Crippen LogP contribution in [0.15, 0.2) is 28.6 Å². The van der Waals surface area contributed by atoms with Crippen LogP contribution in [0.1, 0.15) is 12.8 Å². The lowest BCUT2D eigenvalue weighted by molar-refractivity contribution is -0.274. The molecule has 0 atom stereocenters. The smallest absolute Gasteiger partial charge is 0.406 e. The molecule has 0 unspecified atom stereocenters. The van der Waals surface area contributed by atoms with Crippen LogP contribution in [0.2, 0.25) is 0 Å². The molecule has 1 fully saturated rings. The fraction of sp³-hybridized carbons (Fsp3) is 0.357. The molecule has 0 radical (unpaired) electrons. The van der Waals surface area contributed by atoms with Crippen LogP contribution in [0.25, 0.3) is 0 Å². The number of alkyl halides is 3. The van der Waals surface area contributed by atoms with E-state index < -0.39 is 6.36 Å². The maximum absolute atomic E-state index is 12.1. The van der Waals surface area contributed by atoms with Crippen LogP contribution in [0.5, 0.6) is 5.75 Å². The van der Waals surface area contributed by atoms with Gasteiger partial charge in [-0.3, -0.25) is 4.79 Å². The number of hydrogen-bond acceptors (Lipinski definition) is 7. The van der Waals surface area contributed by atoms with Crippen molar-refractivity contribution >= 4 is 39.8 Å². The minimum absolute atomic E-state index is 0.0301. The lowest BCUT2D eigenvalue weighted by Gasteiger charge is -2.09. The Bertz CT molecular complexity index is 732. The van der Waals surface area contributed by atoms with Crippen molar-refractivity contribution in [3.8, 4) is 5.75 Å². The van der Waals surface area contributed by atoms with Crippen LogP contribution in [-0.2, 0) is 4.79 Å². The van der Waals surface area contributed by atoms with Crippen molar-refractivity contribution in [2.75, 3.05) is 11.1 Å². The van der Waals surface area contributed by atoms with Gasteiger partial charge in [-0.05, 0) is 37.1 Å². The van der Waals surface area contributed by atoms with E-state index in [9.17, 15) is 18.0 Å². The van der Waals surface area contributed by atoms with Crippen LogP contribution in [-0.4, -0.2) is 34.3 Å². The SMILES string of the molecule is O=C(CSc1nnc(Nc2ccc(OC(F)(F)F)cc2)s1)NC1CC1. The van der Waals surface area contributed by atoms with E-state index in [0.29, 0.717) is 21.2 Å². The van der Waals surface area contributed by atoms with Crippen molar-refractivity contribution in [1.29, 1.82) is 0 Å². The number of amides is 1. The van der Waals surface area contributed by atoms with E-state index in [1.807, 2.05) is 0 Å². The van der Waals surface area contributed by atoms with Gasteiger partial charge >= 0.3 is 6.36 Å². The monoisotopic (exact) mass is 390 g/mol. The average Bonchev–Trinajstić information content (AvgIpc) is 3.23. The zero-order valence-corrected chi connectivity index (χ0v) is 14.3. The fourth-order valence-corrected chi connectivity index (χ4v) is 3.39. The number of nitrogens with zero attached hydrogens (tertiary/aromatic N) is 2. The summed E-state index contributed by atoms with van der Waals surface area (Å²) in [6, 6.07) is 5.62. The molecule has 1 saturated carbocycles. The highest BCUT2D eigenvalue weighted by molar-refractivity contribution is 8.01. The molecule has 1 aliphatic carbocycles. The summed E-state index contributed by atoms with van der Waals surface area (Å²) in [5.74, 6) is -0.0556. The zero-order valence-electron chi connectivity index (χ0n) is 12.7. The van der Waals surface area contributed by atoms with E-state index in [1.165, 1.54) is 47.4 Å². The second-order valence-electron chi connectivity index (χ2n) is 5.20. The summed E-state index contributed by atoms with van der Waals surface area (Å²) >= 11 is 2.54. The van der Waals surface area contributed by atoms with Gasteiger partial charge in [0.1, 0.15) is 5.75 Å². The molecular formula is C14H13F3N4O2S2. The predicted octanol–water partition coefficient (Wildman–Crippen LogP) is 3.55. The van der Waals surface area contributed by atoms with Gasteiger partial charge in [0.15, 0.2) is 4.34 Å². The highest BCUT2D eigenvalue weighted by Gasteiger charge is 2.31. The van der Waals surface area contributed by atoms with E-state index in [0.717, 1.165) is 12.8 Å². The molecule has 1 heterocycles. The normalized spacial score (nSPS) is 14.2. The van der Waals surface area contributed by atoms with Gasteiger partial charge in [-0.2, -0.15) is 0 Å². The molecule has 1 aromatic carbocycles. The number of halogens is 3. The van der Waals surface area contributed by atoms with Gasteiger partial charge in [-0.15, -0.1) is 23.4 Å². The van der Waals surface area contributed by atoms with Crippen LogP contribution >= 0.6 is 23.1 Å². The van der Waals surface area contributed by atoms with Gasteiger partial charge in [-0.1, -0.05) is 23.1 Å². The number of thioether (sulfide) groups is 1.